The first-order chi connectivity index (χ1) is 15.6. The molecule has 4 aliphatic heterocycles. The predicted octanol–water partition coefficient (Wildman–Crippen LogP) is 0.986. The smallest absolute Gasteiger partial charge is 0.126 e. The van der Waals surface area contributed by atoms with E-state index in [1.807, 2.05) is 0 Å². The van der Waals surface area contributed by atoms with Crippen LogP contribution in [-0.4, -0.2) is 67.5 Å². The van der Waals surface area contributed by atoms with Gasteiger partial charge in [0, 0.05) is 37.4 Å². The van der Waals surface area contributed by atoms with Crippen molar-refractivity contribution in [2.45, 2.75) is 32.2 Å². The second kappa shape index (κ2) is 8.63. The zero-order valence-corrected chi connectivity index (χ0v) is 18.8. The number of piperidine rings is 1. The van der Waals surface area contributed by atoms with Crippen molar-refractivity contribution in [3.63, 3.8) is 0 Å². The van der Waals surface area contributed by atoms with E-state index >= 15 is 0 Å². The first-order valence-electron chi connectivity index (χ1n) is 11.5. The number of hydrazine groups is 1. The van der Waals surface area contributed by atoms with Crippen molar-refractivity contribution < 1.29 is 4.74 Å². The highest BCUT2D eigenvalue weighted by molar-refractivity contribution is 5.83. The van der Waals surface area contributed by atoms with E-state index in [0.717, 1.165) is 75.9 Å². The van der Waals surface area contributed by atoms with Crippen molar-refractivity contribution in [2.75, 3.05) is 39.5 Å². The quantitative estimate of drug-likeness (QED) is 0.288. The van der Waals surface area contributed by atoms with E-state index in [0.29, 0.717) is 5.92 Å². The summed E-state index contributed by atoms with van der Waals surface area (Å²) in [6, 6.07) is -0.0407. The maximum Gasteiger partial charge on any atom is 0.126 e. The third kappa shape index (κ3) is 3.91. The van der Waals surface area contributed by atoms with Gasteiger partial charge in [0.1, 0.15) is 12.5 Å². The Morgan fingerprint density at radius 3 is 3.06 bits per heavy atom. The molecule has 0 aromatic carbocycles. The molecule has 5 rings (SSSR count). The van der Waals surface area contributed by atoms with Gasteiger partial charge in [0.25, 0.3) is 0 Å². The summed E-state index contributed by atoms with van der Waals surface area (Å²) < 4.78 is 5.47. The molecule has 32 heavy (non-hydrogen) atoms. The summed E-state index contributed by atoms with van der Waals surface area (Å²) in [6.45, 7) is 11.7. The first-order valence-corrected chi connectivity index (χ1v) is 11.5. The Morgan fingerprint density at radius 2 is 2.25 bits per heavy atom. The highest BCUT2D eigenvalue weighted by Gasteiger charge is 2.43. The van der Waals surface area contributed by atoms with Crippen LogP contribution in [0.5, 0.6) is 0 Å². The summed E-state index contributed by atoms with van der Waals surface area (Å²) >= 11 is 0. The molecule has 2 saturated heterocycles. The number of ether oxygens (including phenoxy) is 1. The molecule has 0 saturated carbocycles. The molecule has 0 aromatic rings. The maximum atomic E-state index is 5.74. The molecule has 5 aliphatic rings. The number of hydrogen-bond acceptors (Lipinski definition) is 8. The molecule has 0 aromatic heterocycles. The van der Waals surface area contributed by atoms with Gasteiger partial charge < -0.3 is 25.7 Å². The van der Waals surface area contributed by atoms with E-state index in [1.54, 1.807) is 0 Å². The predicted molar refractivity (Wildman–Crippen MR) is 126 cm³/mol. The fourth-order valence-corrected chi connectivity index (χ4v) is 5.45. The van der Waals surface area contributed by atoms with Crippen molar-refractivity contribution in [3.05, 3.63) is 47.5 Å². The standard InChI is InChI=1S/C23H34N8O/c1-16(30-7-9-32-10-8-30)11-20(25-14-24)22-18-12-23(2,6-5-19(18)27-29-22)17-3-4-21-28-26-15-31(21)13-17/h5-6,11,14,17,22,26-27,29H,1,3-4,7-10,12-13,15H2,2H3,(H2,24,25)/b20-11-/t17-,22+,23-/m0/s1. The molecule has 0 amide bonds. The number of hydrogen-bond donors (Lipinski definition) is 4. The highest BCUT2D eigenvalue weighted by atomic mass is 16.5. The number of nitrogens with one attached hydrogen (secondary N) is 3. The van der Waals surface area contributed by atoms with Crippen LogP contribution in [0.25, 0.3) is 0 Å². The molecule has 0 radical (unpaired) electrons. The maximum absolute atomic E-state index is 5.74. The van der Waals surface area contributed by atoms with Crippen LogP contribution in [0.4, 0.5) is 0 Å². The minimum atomic E-state index is -0.0407. The summed E-state index contributed by atoms with van der Waals surface area (Å²) in [5, 5.41) is 4.42. The van der Waals surface area contributed by atoms with E-state index in [-0.39, 0.29) is 11.5 Å². The lowest BCUT2D eigenvalue weighted by Gasteiger charge is -2.43. The molecule has 172 valence electrons. The molecule has 4 heterocycles. The Kier molecular flexibility index (Phi) is 5.69. The summed E-state index contributed by atoms with van der Waals surface area (Å²) in [7, 11) is 0. The van der Waals surface area contributed by atoms with Crippen LogP contribution < -0.4 is 22.0 Å². The Morgan fingerprint density at radius 1 is 1.41 bits per heavy atom. The topological polar surface area (TPSA) is 103 Å². The lowest BCUT2D eigenvalue weighted by atomic mass is 9.66. The third-order valence-corrected chi connectivity index (χ3v) is 7.42. The highest BCUT2D eigenvalue weighted by Crippen LogP contribution is 2.46. The molecule has 0 spiro atoms. The van der Waals surface area contributed by atoms with E-state index in [9.17, 15) is 0 Å². The van der Waals surface area contributed by atoms with Crippen molar-refractivity contribution >= 4 is 12.2 Å². The second-order valence-corrected chi connectivity index (χ2v) is 9.40. The van der Waals surface area contributed by atoms with Crippen molar-refractivity contribution in [3.8, 4) is 0 Å². The van der Waals surface area contributed by atoms with E-state index in [1.165, 1.54) is 17.7 Å². The van der Waals surface area contributed by atoms with E-state index in [2.05, 4.69) is 67.9 Å². The normalized spacial score (nSPS) is 32.5. The van der Waals surface area contributed by atoms with Gasteiger partial charge >= 0.3 is 0 Å². The second-order valence-electron chi connectivity index (χ2n) is 9.40. The Bertz CT molecular complexity index is 913. The number of hydrazone groups is 1. The van der Waals surface area contributed by atoms with Gasteiger partial charge in [-0.25, -0.2) is 10.4 Å². The number of aliphatic imine (C=N–C) groups is 1. The summed E-state index contributed by atoms with van der Waals surface area (Å²) in [4.78, 5) is 9.16. The van der Waals surface area contributed by atoms with Gasteiger partial charge in [0.15, 0.2) is 0 Å². The SMILES string of the molecule is C=C(/C=C(\N=CN)[C@@H]1NNC2=C1C[C@@](C)([C@H]1CCC3=NNCN3C1)C=C2)N1CCOCC1. The molecule has 5 N–H and O–H groups in total. The van der Waals surface area contributed by atoms with Crippen molar-refractivity contribution in [1.82, 2.24) is 26.1 Å². The number of morpholine rings is 1. The molecule has 3 atom stereocenters. The van der Waals surface area contributed by atoms with Gasteiger partial charge in [0.05, 0.1) is 31.3 Å². The van der Waals surface area contributed by atoms with Gasteiger partial charge in [-0.2, -0.15) is 5.10 Å². The molecule has 9 nitrogen and oxygen atoms in total. The van der Waals surface area contributed by atoms with Crippen LogP contribution in [0.2, 0.25) is 0 Å². The van der Waals surface area contributed by atoms with Crippen LogP contribution in [0.15, 0.2) is 57.6 Å². The Hall–Kier alpha value is -2.78. The Labute approximate surface area is 189 Å². The minimum Gasteiger partial charge on any atom is -0.390 e. The lowest BCUT2D eigenvalue weighted by molar-refractivity contribution is 0.0555. The van der Waals surface area contributed by atoms with E-state index < -0.39 is 0 Å². The van der Waals surface area contributed by atoms with Gasteiger partial charge in [-0.15, -0.1) is 0 Å². The zero-order valence-electron chi connectivity index (χ0n) is 18.8. The number of nitrogens with two attached hydrogens (primary N) is 1. The van der Waals surface area contributed by atoms with Crippen LogP contribution in [0, 0.1) is 11.3 Å². The summed E-state index contributed by atoms with van der Waals surface area (Å²) in [5.74, 6) is 1.78. The number of rotatable bonds is 5. The molecule has 1 aliphatic carbocycles. The number of amidine groups is 1. The van der Waals surface area contributed by atoms with Gasteiger partial charge in [-0.05, 0) is 41.9 Å². The van der Waals surface area contributed by atoms with Crippen molar-refractivity contribution in [2.24, 2.45) is 27.2 Å². The molecular formula is C23H34N8O. The average molecular weight is 439 g/mol. The largest absolute Gasteiger partial charge is 0.390 e. The van der Waals surface area contributed by atoms with E-state index in [4.69, 9.17) is 10.5 Å². The molecule has 0 unspecified atom stereocenters. The summed E-state index contributed by atoms with van der Waals surface area (Å²) in [5.41, 5.74) is 20.0. The molecule has 2 fully saturated rings. The van der Waals surface area contributed by atoms with Gasteiger partial charge in [-0.3, -0.25) is 5.43 Å². The zero-order chi connectivity index (χ0) is 22.1. The van der Waals surface area contributed by atoms with Gasteiger partial charge in [0.2, 0.25) is 0 Å². The summed E-state index contributed by atoms with van der Waals surface area (Å²) in [6.07, 6.45) is 11.2. The lowest BCUT2D eigenvalue weighted by Crippen LogP contribution is -2.45. The van der Waals surface area contributed by atoms with Crippen LogP contribution in [0.3, 0.4) is 0 Å². The third-order valence-electron chi connectivity index (χ3n) is 7.42. The van der Waals surface area contributed by atoms with Crippen LogP contribution >= 0.6 is 0 Å². The fourth-order valence-electron chi connectivity index (χ4n) is 5.45. The number of fused-ring (bicyclic) bond motifs is 1. The molecular weight excluding hydrogens is 404 g/mol. The molecule has 0 bridgehead atoms. The van der Waals surface area contributed by atoms with Gasteiger partial charge in [-0.1, -0.05) is 19.6 Å². The average Bonchev–Trinajstić information content (AvgIpc) is 3.45. The monoisotopic (exact) mass is 438 g/mol. The fraction of sp³-hybridized carbons (Fsp3) is 0.565. The minimum absolute atomic E-state index is 0.0407. The molecule has 9 heteroatoms. The van der Waals surface area contributed by atoms with Crippen LogP contribution in [-0.2, 0) is 4.74 Å². The van der Waals surface area contributed by atoms with Crippen molar-refractivity contribution in [1.29, 1.82) is 0 Å². The number of allylic oxidation sites excluding steroid dienone is 3. The van der Waals surface area contributed by atoms with Crippen LogP contribution in [0.1, 0.15) is 26.2 Å². The Balaban J connectivity index is 1.35. The first kappa shape index (κ1) is 21.1. The number of nitrogens with zero attached hydrogens (tertiary/aromatic N) is 4.